The van der Waals surface area contributed by atoms with Crippen LogP contribution < -0.4 is 11.1 Å². The predicted molar refractivity (Wildman–Crippen MR) is 80.0 cm³/mol. The first kappa shape index (κ1) is 14.4. The zero-order valence-electron chi connectivity index (χ0n) is 10.3. The Morgan fingerprint density at radius 2 is 2.24 bits per heavy atom. The number of hydrogen-bond acceptors (Lipinski definition) is 2. The third kappa shape index (κ3) is 4.27. The van der Waals surface area contributed by atoms with E-state index < -0.39 is 6.04 Å². The smallest absolute Gasteiger partial charge is 0.241 e. The molecule has 0 spiro atoms. The normalized spacial score (nSPS) is 12.2. The SMILES string of the molecule is CCCC[C@H](N)C(=O)Nc1cccc(I)c1C. The fourth-order valence-electron chi connectivity index (χ4n) is 1.52. The number of rotatable bonds is 5. The molecule has 1 aromatic rings. The van der Waals surface area contributed by atoms with Gasteiger partial charge >= 0.3 is 0 Å². The highest BCUT2D eigenvalue weighted by molar-refractivity contribution is 14.1. The highest BCUT2D eigenvalue weighted by Crippen LogP contribution is 2.20. The Morgan fingerprint density at radius 1 is 1.53 bits per heavy atom. The van der Waals surface area contributed by atoms with Crippen LogP contribution in [0.2, 0.25) is 0 Å². The highest BCUT2D eigenvalue weighted by atomic mass is 127. The summed E-state index contributed by atoms with van der Waals surface area (Å²) in [5.74, 6) is -0.0939. The minimum absolute atomic E-state index is 0.0939. The lowest BCUT2D eigenvalue weighted by Crippen LogP contribution is -2.35. The topological polar surface area (TPSA) is 55.1 Å². The molecule has 0 bridgehead atoms. The van der Waals surface area contributed by atoms with E-state index in [2.05, 4.69) is 34.8 Å². The van der Waals surface area contributed by atoms with Crippen LogP contribution in [-0.4, -0.2) is 11.9 Å². The summed E-state index contributed by atoms with van der Waals surface area (Å²) in [5.41, 5.74) is 7.77. The van der Waals surface area contributed by atoms with Crippen LogP contribution in [-0.2, 0) is 4.79 Å². The van der Waals surface area contributed by atoms with Crippen molar-refractivity contribution in [2.75, 3.05) is 5.32 Å². The van der Waals surface area contributed by atoms with E-state index in [0.29, 0.717) is 0 Å². The van der Waals surface area contributed by atoms with E-state index in [1.165, 1.54) is 0 Å². The number of unbranched alkanes of at least 4 members (excludes halogenated alkanes) is 1. The molecule has 0 saturated carbocycles. The van der Waals surface area contributed by atoms with Crippen LogP contribution >= 0.6 is 22.6 Å². The average molecular weight is 346 g/mol. The molecule has 1 rings (SSSR count). The molecule has 17 heavy (non-hydrogen) atoms. The van der Waals surface area contributed by atoms with Gasteiger partial charge in [0.25, 0.3) is 0 Å². The number of benzene rings is 1. The Labute approximate surface area is 116 Å². The van der Waals surface area contributed by atoms with E-state index in [0.717, 1.165) is 34.1 Å². The minimum atomic E-state index is -0.410. The third-order valence-electron chi connectivity index (χ3n) is 2.73. The monoisotopic (exact) mass is 346 g/mol. The lowest BCUT2D eigenvalue weighted by atomic mass is 10.1. The Kier molecular flexibility index (Phi) is 5.91. The van der Waals surface area contributed by atoms with Crippen molar-refractivity contribution in [2.45, 2.75) is 39.2 Å². The fraction of sp³-hybridized carbons (Fsp3) is 0.462. The van der Waals surface area contributed by atoms with Gasteiger partial charge in [-0.3, -0.25) is 4.79 Å². The van der Waals surface area contributed by atoms with Gasteiger partial charge in [-0.2, -0.15) is 0 Å². The summed E-state index contributed by atoms with van der Waals surface area (Å²) >= 11 is 2.25. The number of hydrogen-bond donors (Lipinski definition) is 2. The second kappa shape index (κ2) is 6.96. The van der Waals surface area contributed by atoms with Gasteiger partial charge in [-0.05, 0) is 53.6 Å². The van der Waals surface area contributed by atoms with E-state index in [1.54, 1.807) is 0 Å². The summed E-state index contributed by atoms with van der Waals surface area (Å²) < 4.78 is 1.14. The lowest BCUT2D eigenvalue weighted by Gasteiger charge is -2.14. The summed E-state index contributed by atoms with van der Waals surface area (Å²) in [6, 6.07) is 5.44. The first-order chi connectivity index (χ1) is 8.06. The van der Waals surface area contributed by atoms with Crippen molar-refractivity contribution in [2.24, 2.45) is 5.73 Å². The number of carbonyl (C=O) groups excluding carboxylic acids is 1. The number of amides is 1. The van der Waals surface area contributed by atoms with Crippen LogP contribution in [0.4, 0.5) is 5.69 Å². The number of nitrogens with one attached hydrogen (secondary N) is 1. The molecule has 0 aliphatic heterocycles. The highest BCUT2D eigenvalue weighted by Gasteiger charge is 2.14. The second-order valence-corrected chi connectivity index (χ2v) is 5.31. The van der Waals surface area contributed by atoms with Gasteiger partial charge in [-0.1, -0.05) is 25.8 Å². The third-order valence-corrected chi connectivity index (χ3v) is 3.90. The molecule has 1 atom stereocenters. The maximum atomic E-state index is 11.8. The van der Waals surface area contributed by atoms with Gasteiger partial charge in [-0.15, -0.1) is 0 Å². The van der Waals surface area contributed by atoms with Gasteiger partial charge in [0, 0.05) is 9.26 Å². The zero-order chi connectivity index (χ0) is 12.8. The summed E-state index contributed by atoms with van der Waals surface area (Å²) in [4.78, 5) is 11.8. The maximum absolute atomic E-state index is 11.8. The van der Waals surface area contributed by atoms with Crippen LogP contribution in [0.15, 0.2) is 18.2 Å². The molecular formula is C13H19IN2O. The van der Waals surface area contributed by atoms with Crippen LogP contribution in [0.3, 0.4) is 0 Å². The lowest BCUT2D eigenvalue weighted by molar-refractivity contribution is -0.117. The second-order valence-electron chi connectivity index (χ2n) is 4.15. The Morgan fingerprint density at radius 3 is 2.88 bits per heavy atom. The Bertz CT molecular complexity index is 393. The molecule has 0 aliphatic carbocycles. The summed E-state index contributed by atoms with van der Waals surface area (Å²) in [7, 11) is 0. The van der Waals surface area contributed by atoms with Crippen molar-refractivity contribution in [3.8, 4) is 0 Å². The average Bonchev–Trinajstić information content (AvgIpc) is 2.31. The standard InChI is InChI=1S/C13H19IN2O/c1-3-4-7-11(15)13(17)16-12-8-5-6-10(14)9(12)2/h5-6,8,11H,3-4,7,15H2,1-2H3,(H,16,17)/t11-/m0/s1. The fourth-order valence-corrected chi connectivity index (χ4v) is 2.02. The quantitative estimate of drug-likeness (QED) is 0.806. The maximum Gasteiger partial charge on any atom is 0.241 e. The molecule has 0 aliphatic rings. The van der Waals surface area contributed by atoms with Crippen LogP contribution in [0.5, 0.6) is 0 Å². The number of halogens is 1. The molecule has 1 aromatic carbocycles. The number of carbonyl (C=O) groups is 1. The van der Waals surface area contributed by atoms with Gasteiger partial charge in [0.1, 0.15) is 0 Å². The molecule has 3 nitrogen and oxygen atoms in total. The first-order valence-corrected chi connectivity index (χ1v) is 6.95. The van der Waals surface area contributed by atoms with Crippen molar-refractivity contribution in [3.63, 3.8) is 0 Å². The van der Waals surface area contributed by atoms with Crippen LogP contribution in [0.1, 0.15) is 31.7 Å². The number of anilines is 1. The van der Waals surface area contributed by atoms with Crippen molar-refractivity contribution in [3.05, 3.63) is 27.3 Å². The van der Waals surface area contributed by atoms with Gasteiger partial charge in [0.15, 0.2) is 0 Å². The molecule has 0 aromatic heterocycles. The van der Waals surface area contributed by atoms with Crippen LogP contribution in [0.25, 0.3) is 0 Å². The molecule has 0 saturated heterocycles. The predicted octanol–water partition coefficient (Wildman–Crippen LogP) is 3.06. The van der Waals surface area contributed by atoms with Gasteiger partial charge in [0.2, 0.25) is 5.91 Å². The molecule has 0 unspecified atom stereocenters. The van der Waals surface area contributed by atoms with Crippen molar-refractivity contribution in [1.29, 1.82) is 0 Å². The molecule has 0 heterocycles. The molecular weight excluding hydrogens is 327 g/mol. The molecule has 1 amide bonds. The zero-order valence-corrected chi connectivity index (χ0v) is 12.5. The molecule has 0 fully saturated rings. The van der Waals surface area contributed by atoms with E-state index in [9.17, 15) is 4.79 Å². The largest absolute Gasteiger partial charge is 0.324 e. The number of nitrogens with two attached hydrogens (primary N) is 1. The minimum Gasteiger partial charge on any atom is -0.324 e. The molecule has 0 radical (unpaired) electrons. The summed E-state index contributed by atoms with van der Waals surface area (Å²) in [6.45, 7) is 4.09. The Hall–Kier alpha value is -0.620. The first-order valence-electron chi connectivity index (χ1n) is 5.87. The van der Waals surface area contributed by atoms with E-state index in [4.69, 9.17) is 5.73 Å². The summed E-state index contributed by atoms with van der Waals surface area (Å²) in [6.07, 6.45) is 2.79. The van der Waals surface area contributed by atoms with Gasteiger partial charge in [0.05, 0.1) is 6.04 Å². The summed E-state index contributed by atoms with van der Waals surface area (Å²) in [5, 5.41) is 2.89. The van der Waals surface area contributed by atoms with Crippen molar-refractivity contribution in [1.82, 2.24) is 0 Å². The molecule has 94 valence electrons. The van der Waals surface area contributed by atoms with E-state index in [-0.39, 0.29) is 5.91 Å². The van der Waals surface area contributed by atoms with E-state index in [1.807, 2.05) is 25.1 Å². The Balaban J connectivity index is 2.64. The molecule has 4 heteroatoms. The van der Waals surface area contributed by atoms with Crippen LogP contribution in [0, 0.1) is 10.5 Å². The molecule has 3 N–H and O–H groups in total. The van der Waals surface area contributed by atoms with Crippen molar-refractivity contribution >= 4 is 34.2 Å². The van der Waals surface area contributed by atoms with E-state index >= 15 is 0 Å². The van der Waals surface area contributed by atoms with Gasteiger partial charge < -0.3 is 11.1 Å². The van der Waals surface area contributed by atoms with Gasteiger partial charge in [-0.25, -0.2) is 0 Å². The van der Waals surface area contributed by atoms with Crippen molar-refractivity contribution < 1.29 is 4.79 Å².